The Labute approximate surface area is 204 Å². The molecule has 6 aliphatic rings. The second-order valence-electron chi connectivity index (χ2n) is 10.8. The minimum Gasteiger partial charge on any atom is -0.490 e. The molecule has 35 heavy (non-hydrogen) atoms. The molecule has 2 saturated carbocycles. The van der Waals surface area contributed by atoms with Crippen molar-refractivity contribution in [1.29, 1.82) is 0 Å². The van der Waals surface area contributed by atoms with Gasteiger partial charge in [-0.25, -0.2) is 0 Å². The lowest BCUT2D eigenvalue weighted by Crippen LogP contribution is -2.73. The average Bonchev–Trinajstić information content (AvgIpc) is 3.41. The highest BCUT2D eigenvalue weighted by Crippen LogP contribution is 2.50. The van der Waals surface area contributed by atoms with E-state index in [1.807, 2.05) is 18.2 Å². The van der Waals surface area contributed by atoms with Crippen LogP contribution in [0.4, 0.5) is 0 Å². The van der Waals surface area contributed by atoms with Gasteiger partial charge in [0.05, 0.1) is 6.10 Å². The molecule has 5 fully saturated rings. The first-order valence-corrected chi connectivity index (χ1v) is 12.8. The van der Waals surface area contributed by atoms with Gasteiger partial charge in [-0.1, -0.05) is 30.3 Å². The fraction of sp³-hybridized carbons (Fsp3) is 0.464. The first-order chi connectivity index (χ1) is 17.0. The molecular weight excluding hydrogens is 442 g/mol. The average molecular weight is 472 g/mol. The molecule has 8 rings (SSSR count). The van der Waals surface area contributed by atoms with Gasteiger partial charge in [0.1, 0.15) is 11.3 Å². The van der Waals surface area contributed by atoms with Crippen molar-refractivity contribution in [1.82, 2.24) is 15.5 Å². The summed E-state index contributed by atoms with van der Waals surface area (Å²) >= 11 is 0. The fourth-order valence-corrected chi connectivity index (χ4v) is 6.72. The van der Waals surface area contributed by atoms with E-state index < -0.39 is 5.54 Å². The van der Waals surface area contributed by atoms with E-state index in [0.717, 1.165) is 36.3 Å². The van der Waals surface area contributed by atoms with E-state index in [2.05, 4.69) is 34.9 Å². The Bertz CT molecular complexity index is 1230. The van der Waals surface area contributed by atoms with E-state index in [1.54, 1.807) is 4.90 Å². The highest BCUT2D eigenvalue weighted by Gasteiger charge is 2.63. The first-order valence-electron chi connectivity index (χ1n) is 12.8. The molecule has 180 valence electrons. The SMILES string of the molecule is O=C1NC(=O)C2(N3Cc4cc(OC5CCCC5)c(C5NCC5c5ccccc5)cc4C3=O)CC1C2. The highest BCUT2D eigenvalue weighted by atomic mass is 16.5. The summed E-state index contributed by atoms with van der Waals surface area (Å²) < 4.78 is 6.57. The van der Waals surface area contributed by atoms with Gasteiger partial charge in [-0.05, 0) is 61.8 Å². The molecule has 3 saturated heterocycles. The van der Waals surface area contributed by atoms with E-state index in [-0.39, 0.29) is 35.8 Å². The summed E-state index contributed by atoms with van der Waals surface area (Å²) in [6, 6.07) is 14.6. The number of hydrogen-bond acceptors (Lipinski definition) is 5. The van der Waals surface area contributed by atoms with Gasteiger partial charge in [-0.3, -0.25) is 19.7 Å². The molecular formula is C28H29N3O4. The van der Waals surface area contributed by atoms with Crippen molar-refractivity contribution in [2.24, 2.45) is 5.92 Å². The van der Waals surface area contributed by atoms with Crippen LogP contribution in [-0.2, 0) is 16.1 Å². The van der Waals surface area contributed by atoms with Crippen molar-refractivity contribution >= 4 is 17.7 Å². The summed E-state index contributed by atoms with van der Waals surface area (Å²) in [5.74, 6) is 0.334. The Morgan fingerprint density at radius 1 is 1.00 bits per heavy atom. The van der Waals surface area contributed by atoms with Crippen LogP contribution < -0.4 is 15.4 Å². The Morgan fingerprint density at radius 3 is 2.46 bits per heavy atom. The van der Waals surface area contributed by atoms with Crippen LogP contribution in [0.2, 0.25) is 0 Å². The van der Waals surface area contributed by atoms with E-state index in [0.29, 0.717) is 30.9 Å². The third-order valence-corrected chi connectivity index (χ3v) is 8.87. The van der Waals surface area contributed by atoms with E-state index in [1.165, 1.54) is 18.4 Å². The van der Waals surface area contributed by atoms with E-state index >= 15 is 0 Å². The zero-order valence-corrected chi connectivity index (χ0v) is 19.6. The molecule has 2 N–H and O–H groups in total. The number of carbonyl (C=O) groups is 3. The lowest BCUT2D eigenvalue weighted by atomic mass is 9.63. The number of benzene rings is 2. The van der Waals surface area contributed by atoms with Crippen LogP contribution in [-0.4, -0.2) is 40.8 Å². The van der Waals surface area contributed by atoms with Crippen LogP contribution >= 0.6 is 0 Å². The van der Waals surface area contributed by atoms with E-state index in [4.69, 9.17) is 4.74 Å². The molecule has 2 bridgehead atoms. The second kappa shape index (κ2) is 7.65. The van der Waals surface area contributed by atoms with Gasteiger partial charge in [-0.15, -0.1) is 0 Å². The smallest absolute Gasteiger partial charge is 0.255 e. The summed E-state index contributed by atoms with van der Waals surface area (Å²) in [6.07, 6.45) is 5.54. The van der Waals surface area contributed by atoms with Gasteiger partial charge < -0.3 is 15.0 Å². The number of imide groups is 1. The molecule has 7 heteroatoms. The summed E-state index contributed by atoms with van der Waals surface area (Å²) in [5, 5.41) is 6.05. The number of carbonyl (C=O) groups excluding carboxylic acids is 3. The van der Waals surface area contributed by atoms with Crippen LogP contribution in [0, 0.1) is 5.92 Å². The number of piperidine rings is 2. The lowest BCUT2D eigenvalue weighted by molar-refractivity contribution is -0.160. The second-order valence-corrected chi connectivity index (χ2v) is 10.8. The van der Waals surface area contributed by atoms with Gasteiger partial charge in [-0.2, -0.15) is 0 Å². The third kappa shape index (κ3) is 3.10. The van der Waals surface area contributed by atoms with Crippen LogP contribution in [0.1, 0.15) is 77.5 Å². The maximum atomic E-state index is 13.6. The molecule has 0 aromatic heterocycles. The molecule has 4 aliphatic heterocycles. The molecule has 7 nitrogen and oxygen atoms in total. The van der Waals surface area contributed by atoms with Crippen molar-refractivity contribution in [3.05, 3.63) is 64.7 Å². The summed E-state index contributed by atoms with van der Waals surface area (Å²) in [7, 11) is 0. The van der Waals surface area contributed by atoms with E-state index in [9.17, 15) is 14.4 Å². The van der Waals surface area contributed by atoms with Crippen LogP contribution in [0.3, 0.4) is 0 Å². The normalized spacial score (nSPS) is 31.6. The number of fused-ring (bicyclic) bond motifs is 3. The third-order valence-electron chi connectivity index (χ3n) is 8.87. The quantitative estimate of drug-likeness (QED) is 0.654. The number of rotatable bonds is 5. The summed E-state index contributed by atoms with van der Waals surface area (Å²) in [5.41, 5.74) is 2.96. The summed E-state index contributed by atoms with van der Waals surface area (Å²) in [6.45, 7) is 1.26. The molecule has 4 heterocycles. The molecule has 2 unspecified atom stereocenters. The van der Waals surface area contributed by atoms with Crippen molar-refractivity contribution < 1.29 is 19.1 Å². The topological polar surface area (TPSA) is 87.7 Å². The monoisotopic (exact) mass is 471 g/mol. The summed E-state index contributed by atoms with van der Waals surface area (Å²) in [4.78, 5) is 40.1. The Balaban J connectivity index is 1.24. The number of nitrogens with zero attached hydrogens (tertiary/aromatic N) is 1. The van der Waals surface area contributed by atoms with Crippen LogP contribution in [0.25, 0.3) is 0 Å². The van der Waals surface area contributed by atoms with Gasteiger partial charge in [0.2, 0.25) is 5.91 Å². The first kappa shape index (κ1) is 21.1. The number of ether oxygens (including phenoxy) is 1. The molecule has 2 aromatic carbocycles. The van der Waals surface area contributed by atoms with Crippen LogP contribution in [0.15, 0.2) is 42.5 Å². The predicted molar refractivity (Wildman–Crippen MR) is 128 cm³/mol. The number of hydrogen-bond donors (Lipinski definition) is 2. The van der Waals surface area contributed by atoms with Gasteiger partial charge >= 0.3 is 0 Å². The highest BCUT2D eigenvalue weighted by molar-refractivity contribution is 6.10. The standard InChI is InChI=1S/C28H29N3O4/c32-25-18-12-28(13-18,27(34)30-25)31-15-17-10-23(35-19-8-4-5-9-19)21(11-20(17)26(31)33)24-22(14-29-24)16-6-2-1-3-7-16/h1-3,6-7,10-11,18-19,22,24,29H,4-5,8-9,12-15H2,(H,30,32,34). The predicted octanol–water partition coefficient (Wildman–Crippen LogP) is 3.20. The molecule has 0 radical (unpaired) electrons. The largest absolute Gasteiger partial charge is 0.490 e. The molecule has 2 atom stereocenters. The maximum absolute atomic E-state index is 13.6. The molecule has 2 aliphatic carbocycles. The van der Waals surface area contributed by atoms with Crippen molar-refractivity contribution in [3.63, 3.8) is 0 Å². The van der Waals surface area contributed by atoms with Gasteiger partial charge in [0.25, 0.3) is 11.8 Å². The maximum Gasteiger partial charge on any atom is 0.255 e. The van der Waals surface area contributed by atoms with Gasteiger partial charge in [0, 0.05) is 42.1 Å². The van der Waals surface area contributed by atoms with Crippen molar-refractivity contribution in [3.8, 4) is 5.75 Å². The zero-order valence-electron chi connectivity index (χ0n) is 19.6. The molecule has 2 aromatic rings. The molecule has 3 amide bonds. The minimum atomic E-state index is -0.900. The molecule has 0 spiro atoms. The Morgan fingerprint density at radius 2 is 1.77 bits per heavy atom. The number of amides is 3. The fourth-order valence-electron chi connectivity index (χ4n) is 6.72. The Kier molecular flexibility index (Phi) is 4.62. The lowest BCUT2D eigenvalue weighted by Gasteiger charge is -2.53. The minimum absolute atomic E-state index is 0.0720. The van der Waals surface area contributed by atoms with Crippen molar-refractivity contribution in [2.75, 3.05) is 6.54 Å². The van der Waals surface area contributed by atoms with Crippen molar-refractivity contribution in [2.45, 2.75) is 68.7 Å². The van der Waals surface area contributed by atoms with Gasteiger partial charge in [0.15, 0.2) is 0 Å². The Hall–Kier alpha value is -3.19. The van der Waals surface area contributed by atoms with Crippen LogP contribution in [0.5, 0.6) is 5.75 Å². The zero-order chi connectivity index (χ0) is 23.7. The number of nitrogens with one attached hydrogen (secondary N) is 2.